The summed E-state index contributed by atoms with van der Waals surface area (Å²) in [6.45, 7) is 3.01. The lowest BCUT2D eigenvalue weighted by atomic mass is 10.1. The average Bonchev–Trinajstić information content (AvgIpc) is 2.49. The maximum absolute atomic E-state index is 9.48. The third-order valence-corrected chi connectivity index (χ3v) is 3.65. The first-order chi connectivity index (χ1) is 10.5. The minimum Gasteiger partial charge on any atom is -0.508 e. The molecule has 23 heavy (non-hydrogen) atoms. The Morgan fingerprint density at radius 2 is 1.57 bits per heavy atom. The van der Waals surface area contributed by atoms with Gasteiger partial charge in [-0.3, -0.25) is 0 Å². The molecule has 0 spiro atoms. The molecule has 1 atom stereocenters. The van der Waals surface area contributed by atoms with Gasteiger partial charge in [0.15, 0.2) is 11.5 Å². The van der Waals surface area contributed by atoms with Crippen LogP contribution in [0.4, 0.5) is 0 Å². The van der Waals surface area contributed by atoms with Gasteiger partial charge in [0.25, 0.3) is 0 Å². The number of hydrogen-bond donors (Lipinski definition) is 4. The second kappa shape index (κ2) is 9.43. The molecule has 0 bridgehead atoms. The van der Waals surface area contributed by atoms with Gasteiger partial charge in [0.05, 0.1) is 0 Å². The van der Waals surface area contributed by atoms with Gasteiger partial charge in [0, 0.05) is 6.04 Å². The van der Waals surface area contributed by atoms with Crippen LogP contribution in [-0.2, 0) is 12.8 Å². The van der Waals surface area contributed by atoms with E-state index in [0.29, 0.717) is 11.8 Å². The molecule has 2 aromatic carbocycles. The number of phenolic OH excluding ortho intramolecular Hbond substituents is 3. The third-order valence-electron chi connectivity index (χ3n) is 3.65. The van der Waals surface area contributed by atoms with E-state index in [0.717, 1.165) is 31.4 Å². The van der Waals surface area contributed by atoms with Gasteiger partial charge in [-0.05, 0) is 68.1 Å². The standard InChI is InChI=1S/C18H23NO3.BrH/c1-13(11-15-6-9-17(21)18(22)12-15)19-10-2-3-14-4-7-16(20)8-5-14;/h4-9,12-13,19-22H,2-3,10-11H2,1H3;1H. The fraction of sp³-hybridized carbons (Fsp3) is 0.333. The van der Waals surface area contributed by atoms with Gasteiger partial charge in [0.2, 0.25) is 0 Å². The number of halogens is 1. The fourth-order valence-corrected chi connectivity index (χ4v) is 2.43. The number of phenols is 3. The first-order valence-corrected chi connectivity index (χ1v) is 7.57. The molecule has 0 fully saturated rings. The van der Waals surface area contributed by atoms with E-state index in [1.165, 1.54) is 11.6 Å². The molecule has 0 amide bonds. The minimum absolute atomic E-state index is 0. The second-order valence-electron chi connectivity index (χ2n) is 5.65. The van der Waals surface area contributed by atoms with Gasteiger partial charge >= 0.3 is 0 Å². The normalized spacial score (nSPS) is 11.7. The summed E-state index contributed by atoms with van der Waals surface area (Å²) in [4.78, 5) is 0. The van der Waals surface area contributed by atoms with Crippen LogP contribution in [0.3, 0.4) is 0 Å². The monoisotopic (exact) mass is 381 g/mol. The molecule has 126 valence electrons. The Morgan fingerprint density at radius 1 is 0.913 bits per heavy atom. The van der Waals surface area contributed by atoms with E-state index in [-0.39, 0.29) is 28.5 Å². The molecule has 4 N–H and O–H groups in total. The van der Waals surface area contributed by atoms with E-state index in [9.17, 15) is 15.3 Å². The third kappa shape index (κ3) is 6.50. The highest BCUT2D eigenvalue weighted by Gasteiger charge is 2.06. The molecule has 0 saturated carbocycles. The number of benzene rings is 2. The maximum Gasteiger partial charge on any atom is 0.157 e. The predicted molar refractivity (Wildman–Crippen MR) is 97.7 cm³/mol. The number of aryl methyl sites for hydroxylation is 1. The highest BCUT2D eigenvalue weighted by molar-refractivity contribution is 8.93. The van der Waals surface area contributed by atoms with E-state index in [2.05, 4.69) is 12.2 Å². The first-order valence-electron chi connectivity index (χ1n) is 7.57. The van der Waals surface area contributed by atoms with Crippen LogP contribution < -0.4 is 5.32 Å². The molecule has 5 heteroatoms. The van der Waals surface area contributed by atoms with Gasteiger partial charge in [-0.1, -0.05) is 18.2 Å². The lowest BCUT2D eigenvalue weighted by Crippen LogP contribution is -2.29. The highest BCUT2D eigenvalue weighted by atomic mass is 79.9. The topological polar surface area (TPSA) is 72.7 Å². The first kappa shape index (κ1) is 19.3. The molecule has 0 radical (unpaired) electrons. The Balaban J connectivity index is 0.00000264. The summed E-state index contributed by atoms with van der Waals surface area (Å²) < 4.78 is 0. The van der Waals surface area contributed by atoms with Crippen LogP contribution >= 0.6 is 17.0 Å². The fourth-order valence-electron chi connectivity index (χ4n) is 2.43. The largest absolute Gasteiger partial charge is 0.508 e. The molecular weight excluding hydrogens is 358 g/mol. The molecule has 0 heterocycles. The summed E-state index contributed by atoms with van der Waals surface area (Å²) in [5.74, 6) is 0.142. The molecule has 0 aliphatic carbocycles. The number of nitrogens with one attached hydrogen (secondary N) is 1. The Morgan fingerprint density at radius 3 is 2.22 bits per heavy atom. The Hall–Kier alpha value is -1.72. The van der Waals surface area contributed by atoms with Crippen LogP contribution in [0.5, 0.6) is 17.2 Å². The van der Waals surface area contributed by atoms with Crippen molar-refractivity contribution in [1.29, 1.82) is 0 Å². The van der Waals surface area contributed by atoms with Crippen LogP contribution in [0.25, 0.3) is 0 Å². The molecule has 0 aliphatic rings. The molecule has 4 nitrogen and oxygen atoms in total. The smallest absolute Gasteiger partial charge is 0.157 e. The molecule has 2 rings (SSSR count). The van der Waals surface area contributed by atoms with Gasteiger partial charge in [0.1, 0.15) is 5.75 Å². The SMILES string of the molecule is Br.CC(Cc1ccc(O)c(O)c1)NCCCc1ccc(O)cc1. The zero-order chi connectivity index (χ0) is 15.9. The van der Waals surface area contributed by atoms with Crippen LogP contribution in [-0.4, -0.2) is 27.9 Å². The van der Waals surface area contributed by atoms with Gasteiger partial charge in [-0.15, -0.1) is 17.0 Å². The van der Waals surface area contributed by atoms with Crippen LogP contribution in [0, 0.1) is 0 Å². The number of rotatable bonds is 7. The van der Waals surface area contributed by atoms with E-state index >= 15 is 0 Å². The number of hydrogen-bond acceptors (Lipinski definition) is 4. The Kier molecular flexibility index (Phi) is 7.92. The van der Waals surface area contributed by atoms with Crippen molar-refractivity contribution in [3.8, 4) is 17.2 Å². The minimum atomic E-state index is -0.0849. The Labute approximate surface area is 147 Å². The van der Waals surface area contributed by atoms with Crippen molar-refractivity contribution in [1.82, 2.24) is 5.32 Å². The van der Waals surface area contributed by atoms with Crippen LogP contribution in [0.15, 0.2) is 42.5 Å². The summed E-state index contributed by atoms with van der Waals surface area (Å²) in [5.41, 5.74) is 2.21. The van der Waals surface area contributed by atoms with E-state index < -0.39 is 0 Å². The van der Waals surface area contributed by atoms with Crippen molar-refractivity contribution in [2.75, 3.05) is 6.54 Å². The zero-order valence-corrected chi connectivity index (χ0v) is 14.9. The van der Waals surface area contributed by atoms with Crippen molar-refractivity contribution in [3.05, 3.63) is 53.6 Å². The predicted octanol–water partition coefficient (Wildman–Crippen LogP) is 3.53. The van der Waals surface area contributed by atoms with Gasteiger partial charge in [-0.2, -0.15) is 0 Å². The van der Waals surface area contributed by atoms with Crippen molar-refractivity contribution < 1.29 is 15.3 Å². The van der Waals surface area contributed by atoms with E-state index in [4.69, 9.17) is 0 Å². The quantitative estimate of drug-likeness (QED) is 0.437. The average molecular weight is 382 g/mol. The lowest BCUT2D eigenvalue weighted by molar-refractivity contribution is 0.402. The molecule has 0 aromatic heterocycles. The maximum atomic E-state index is 9.48. The highest BCUT2D eigenvalue weighted by Crippen LogP contribution is 2.25. The summed E-state index contributed by atoms with van der Waals surface area (Å²) in [5, 5.41) is 31.5. The summed E-state index contributed by atoms with van der Waals surface area (Å²) in [6.07, 6.45) is 2.79. The van der Waals surface area contributed by atoms with Crippen LogP contribution in [0.2, 0.25) is 0 Å². The molecule has 1 unspecified atom stereocenters. The summed E-state index contributed by atoms with van der Waals surface area (Å²) >= 11 is 0. The summed E-state index contributed by atoms with van der Waals surface area (Å²) in [7, 11) is 0. The summed E-state index contributed by atoms with van der Waals surface area (Å²) in [6, 6.07) is 12.5. The van der Waals surface area contributed by atoms with E-state index in [1.54, 1.807) is 18.2 Å². The van der Waals surface area contributed by atoms with Gasteiger partial charge in [-0.25, -0.2) is 0 Å². The molecule has 0 aliphatic heterocycles. The second-order valence-corrected chi connectivity index (χ2v) is 5.65. The van der Waals surface area contributed by atoms with Crippen molar-refractivity contribution in [2.45, 2.75) is 32.2 Å². The Bertz CT molecular complexity index is 602. The number of aromatic hydroxyl groups is 3. The molecule has 2 aromatic rings. The lowest BCUT2D eigenvalue weighted by Gasteiger charge is -2.14. The van der Waals surface area contributed by atoms with Gasteiger partial charge < -0.3 is 20.6 Å². The zero-order valence-electron chi connectivity index (χ0n) is 13.2. The van der Waals surface area contributed by atoms with Crippen LogP contribution in [0.1, 0.15) is 24.5 Å². The van der Waals surface area contributed by atoms with Crippen molar-refractivity contribution >= 4 is 17.0 Å². The van der Waals surface area contributed by atoms with Crippen molar-refractivity contribution in [2.24, 2.45) is 0 Å². The molecule has 0 saturated heterocycles. The van der Waals surface area contributed by atoms with Crippen molar-refractivity contribution in [3.63, 3.8) is 0 Å². The van der Waals surface area contributed by atoms with E-state index in [1.807, 2.05) is 18.2 Å². The molecular formula is C18H24BrNO3.